The van der Waals surface area contributed by atoms with E-state index in [-0.39, 0.29) is 5.69 Å². The molecule has 0 aromatic carbocycles. The van der Waals surface area contributed by atoms with Gasteiger partial charge in [-0.1, -0.05) is 6.92 Å². The molecule has 0 aliphatic heterocycles. The van der Waals surface area contributed by atoms with Gasteiger partial charge in [0.05, 0.1) is 4.92 Å². The molecule has 7 heteroatoms. The number of aromatic nitrogens is 2. The van der Waals surface area contributed by atoms with Gasteiger partial charge in [-0.2, -0.15) is 0 Å². The number of nitro groups is 1. The van der Waals surface area contributed by atoms with E-state index in [1.807, 2.05) is 6.92 Å². The smallest absolute Gasteiger partial charge is 0.353 e. The van der Waals surface area contributed by atoms with Crippen LogP contribution in [0.5, 0.6) is 0 Å². The van der Waals surface area contributed by atoms with Crippen molar-refractivity contribution in [1.82, 2.24) is 9.97 Å². The number of nitrogens with one attached hydrogen (secondary N) is 2. The molecule has 7 nitrogen and oxygen atoms in total. The van der Waals surface area contributed by atoms with Crippen molar-refractivity contribution in [3.8, 4) is 0 Å². The lowest BCUT2D eigenvalue weighted by molar-refractivity contribution is -0.383. The molecule has 2 fully saturated rings. The minimum atomic E-state index is -0.392. The van der Waals surface area contributed by atoms with Crippen LogP contribution in [0.3, 0.4) is 0 Å². The molecule has 114 valence electrons. The molecule has 3 rings (SSSR count). The van der Waals surface area contributed by atoms with E-state index in [1.165, 1.54) is 32.0 Å². The number of anilines is 2. The molecular weight excluding hydrogens is 270 g/mol. The second-order valence-corrected chi connectivity index (χ2v) is 5.95. The minimum Gasteiger partial charge on any atom is -0.364 e. The molecule has 0 bridgehead atoms. The van der Waals surface area contributed by atoms with Gasteiger partial charge in [-0.15, -0.1) is 0 Å². The number of hydrogen-bond acceptors (Lipinski definition) is 6. The van der Waals surface area contributed by atoms with Crippen molar-refractivity contribution < 1.29 is 4.92 Å². The Labute approximate surface area is 123 Å². The maximum atomic E-state index is 11.4. The maximum absolute atomic E-state index is 11.4. The Morgan fingerprint density at radius 3 is 2.43 bits per heavy atom. The van der Waals surface area contributed by atoms with Gasteiger partial charge in [0.25, 0.3) is 0 Å². The summed E-state index contributed by atoms with van der Waals surface area (Å²) in [6.45, 7) is 2.67. The lowest BCUT2D eigenvalue weighted by atomic mass is 10.1. The maximum Gasteiger partial charge on any atom is 0.353 e. The summed E-state index contributed by atoms with van der Waals surface area (Å²) in [6, 6.07) is 0.331. The highest BCUT2D eigenvalue weighted by molar-refractivity contribution is 5.69. The van der Waals surface area contributed by atoms with Gasteiger partial charge >= 0.3 is 5.69 Å². The van der Waals surface area contributed by atoms with Gasteiger partial charge < -0.3 is 10.6 Å². The van der Waals surface area contributed by atoms with Crippen LogP contribution in [0.1, 0.15) is 39.0 Å². The van der Waals surface area contributed by atoms with Crippen LogP contribution >= 0.6 is 0 Å². The molecule has 21 heavy (non-hydrogen) atoms. The van der Waals surface area contributed by atoms with E-state index in [2.05, 4.69) is 20.6 Å². The molecular formula is C14H21N5O2. The van der Waals surface area contributed by atoms with Crippen LogP contribution in [-0.4, -0.2) is 27.5 Å². The second kappa shape index (κ2) is 5.83. The van der Waals surface area contributed by atoms with Crippen molar-refractivity contribution in [2.75, 3.05) is 17.2 Å². The summed E-state index contributed by atoms with van der Waals surface area (Å²) in [4.78, 5) is 19.2. The summed E-state index contributed by atoms with van der Waals surface area (Å²) in [5.41, 5.74) is -0.0303. The van der Waals surface area contributed by atoms with Crippen molar-refractivity contribution in [2.45, 2.75) is 45.1 Å². The van der Waals surface area contributed by atoms with Gasteiger partial charge in [0.1, 0.15) is 6.33 Å². The van der Waals surface area contributed by atoms with Gasteiger partial charge in [0.2, 0.25) is 11.6 Å². The van der Waals surface area contributed by atoms with E-state index in [4.69, 9.17) is 0 Å². The molecule has 1 aromatic heterocycles. The molecule has 0 radical (unpaired) electrons. The van der Waals surface area contributed by atoms with E-state index < -0.39 is 4.92 Å². The highest BCUT2D eigenvalue weighted by Crippen LogP contribution is 2.46. The Balaban J connectivity index is 1.83. The first-order valence-electron chi connectivity index (χ1n) is 7.70. The van der Waals surface area contributed by atoms with E-state index in [1.54, 1.807) is 0 Å². The largest absolute Gasteiger partial charge is 0.364 e. The summed E-state index contributed by atoms with van der Waals surface area (Å²) < 4.78 is 0. The molecule has 2 N–H and O–H groups in total. The zero-order chi connectivity index (χ0) is 14.8. The summed E-state index contributed by atoms with van der Waals surface area (Å²) in [5.74, 6) is 1.97. The van der Waals surface area contributed by atoms with Crippen LogP contribution in [0.2, 0.25) is 0 Å². The standard InChI is InChI=1S/C14H21N5O2/c1-2-7-15-13-12(19(20)21)14(17-8-16-13)18-11(9-3-4-9)10-5-6-10/h8-11H,2-7H2,1H3,(H2,15,16,17,18). The highest BCUT2D eigenvalue weighted by atomic mass is 16.6. The quantitative estimate of drug-likeness (QED) is 0.565. The fourth-order valence-electron chi connectivity index (χ4n) is 2.72. The predicted octanol–water partition coefficient (Wildman–Crippen LogP) is 2.81. The molecule has 2 aliphatic carbocycles. The first kappa shape index (κ1) is 14.0. The molecule has 0 unspecified atom stereocenters. The van der Waals surface area contributed by atoms with Crippen molar-refractivity contribution in [1.29, 1.82) is 0 Å². The lowest BCUT2D eigenvalue weighted by Crippen LogP contribution is -2.25. The average Bonchev–Trinajstić information content (AvgIpc) is 3.35. The predicted molar refractivity (Wildman–Crippen MR) is 80.3 cm³/mol. The minimum absolute atomic E-state index is 0.0303. The summed E-state index contributed by atoms with van der Waals surface area (Å²) in [7, 11) is 0. The first-order chi connectivity index (χ1) is 10.2. The van der Waals surface area contributed by atoms with E-state index in [0.29, 0.717) is 36.1 Å². The summed E-state index contributed by atoms with van der Waals surface area (Å²) in [6.07, 6.45) is 7.14. The Kier molecular flexibility index (Phi) is 3.90. The Hall–Kier alpha value is -1.92. The summed E-state index contributed by atoms with van der Waals surface area (Å²) >= 11 is 0. The molecule has 2 aliphatic rings. The molecule has 0 amide bonds. The topological polar surface area (TPSA) is 93.0 Å². The Morgan fingerprint density at radius 2 is 1.90 bits per heavy atom. The first-order valence-corrected chi connectivity index (χ1v) is 7.70. The fourth-order valence-corrected chi connectivity index (χ4v) is 2.72. The third-order valence-electron chi connectivity index (χ3n) is 4.11. The monoisotopic (exact) mass is 291 g/mol. The van der Waals surface area contributed by atoms with Crippen LogP contribution in [0.4, 0.5) is 17.3 Å². The second-order valence-electron chi connectivity index (χ2n) is 5.95. The molecule has 2 saturated carbocycles. The zero-order valence-corrected chi connectivity index (χ0v) is 12.2. The van der Waals surface area contributed by atoms with Crippen LogP contribution in [-0.2, 0) is 0 Å². The SMILES string of the molecule is CCCNc1ncnc(NC(C2CC2)C2CC2)c1[N+](=O)[O-]. The molecule has 1 aromatic rings. The van der Waals surface area contributed by atoms with Crippen molar-refractivity contribution in [2.24, 2.45) is 11.8 Å². The molecule has 1 heterocycles. The average molecular weight is 291 g/mol. The summed E-state index contributed by atoms with van der Waals surface area (Å²) in [5, 5.41) is 17.8. The van der Waals surface area contributed by atoms with Gasteiger partial charge in [0, 0.05) is 12.6 Å². The third-order valence-corrected chi connectivity index (χ3v) is 4.11. The van der Waals surface area contributed by atoms with Crippen molar-refractivity contribution in [3.05, 3.63) is 16.4 Å². The van der Waals surface area contributed by atoms with Crippen molar-refractivity contribution >= 4 is 17.3 Å². The number of hydrogen-bond donors (Lipinski definition) is 2. The highest BCUT2D eigenvalue weighted by Gasteiger charge is 2.42. The molecule has 0 saturated heterocycles. The van der Waals surface area contributed by atoms with Gasteiger partial charge in [-0.25, -0.2) is 9.97 Å². The van der Waals surface area contributed by atoms with Gasteiger partial charge in [-0.05, 0) is 43.9 Å². The van der Waals surface area contributed by atoms with E-state index >= 15 is 0 Å². The normalized spacial score (nSPS) is 17.8. The van der Waals surface area contributed by atoms with Crippen molar-refractivity contribution in [3.63, 3.8) is 0 Å². The van der Waals surface area contributed by atoms with E-state index in [9.17, 15) is 10.1 Å². The third kappa shape index (κ3) is 3.22. The van der Waals surface area contributed by atoms with Gasteiger partial charge in [0.15, 0.2) is 0 Å². The zero-order valence-electron chi connectivity index (χ0n) is 12.2. The number of rotatable bonds is 8. The number of nitrogens with zero attached hydrogens (tertiary/aromatic N) is 3. The Morgan fingerprint density at radius 1 is 1.29 bits per heavy atom. The van der Waals surface area contributed by atoms with Crippen LogP contribution < -0.4 is 10.6 Å². The molecule has 0 spiro atoms. The van der Waals surface area contributed by atoms with Crippen LogP contribution in [0.15, 0.2) is 6.33 Å². The van der Waals surface area contributed by atoms with Crippen LogP contribution in [0.25, 0.3) is 0 Å². The van der Waals surface area contributed by atoms with Crippen LogP contribution in [0, 0.1) is 22.0 Å². The molecule has 0 atom stereocenters. The van der Waals surface area contributed by atoms with Gasteiger partial charge in [-0.3, -0.25) is 10.1 Å². The lowest BCUT2D eigenvalue weighted by Gasteiger charge is -2.18. The Bertz CT molecular complexity index is 516. The fraction of sp³-hybridized carbons (Fsp3) is 0.714. The van der Waals surface area contributed by atoms with E-state index in [0.717, 1.165) is 6.42 Å².